The van der Waals surface area contributed by atoms with E-state index in [9.17, 15) is 34.5 Å². The van der Waals surface area contributed by atoms with Crippen molar-refractivity contribution in [2.75, 3.05) is 46.4 Å². The van der Waals surface area contributed by atoms with Crippen molar-refractivity contribution in [3.63, 3.8) is 0 Å². The summed E-state index contributed by atoms with van der Waals surface area (Å²) in [6.45, 7) is 15.9. The van der Waals surface area contributed by atoms with Crippen molar-refractivity contribution in [3.05, 3.63) is 82.9 Å². The second kappa shape index (κ2) is 20.1. The number of Topliss-reactive ketones (excluding diaryl/α,β-unsaturated/α-hetero) is 1. The molecule has 2 heterocycles. The average Bonchev–Trinajstić information content (AvgIpc) is 3.29. The number of hydrogen-bond acceptors (Lipinski definition) is 17. The van der Waals surface area contributed by atoms with Gasteiger partial charge in [0.25, 0.3) is 0 Å². The Morgan fingerprint density at radius 3 is 2.14 bits per heavy atom. The highest BCUT2D eigenvalue weighted by Gasteiger charge is 2.78. The van der Waals surface area contributed by atoms with Gasteiger partial charge in [-0.3, -0.25) is 14.4 Å². The Morgan fingerprint density at radius 2 is 1.56 bits per heavy atom. The van der Waals surface area contributed by atoms with Gasteiger partial charge >= 0.3 is 30.0 Å². The summed E-state index contributed by atoms with van der Waals surface area (Å²) in [7, 11) is 2.04. The number of alkyl carbamates (subject to hydrolysis) is 1. The fourth-order valence-corrected chi connectivity index (χ4v) is 11.4. The third-order valence-electron chi connectivity index (χ3n) is 15.3. The number of likely N-dealkylation sites (N-methyl/N-ethyl adjacent to an activating group) is 1. The summed E-state index contributed by atoms with van der Waals surface area (Å²) in [6, 6.07) is 14.8. The molecule has 2 saturated carbocycles. The van der Waals surface area contributed by atoms with Crippen molar-refractivity contribution in [2.24, 2.45) is 16.7 Å². The molecule has 3 aliphatic carbocycles. The Kier molecular flexibility index (Phi) is 15.1. The number of fused-ring (bicyclic) bond motifs is 5. The molecule has 11 atom stereocenters. The molecule has 7 rings (SSSR count). The number of carbonyl (C=O) groups excluding carboxylic acids is 6. The highest BCUT2D eigenvalue weighted by molar-refractivity contribution is 5.94. The molecule has 382 valence electrons. The van der Waals surface area contributed by atoms with Gasteiger partial charge in [-0.1, -0.05) is 62.4 Å². The standard InChI is InChI=1S/C52H69N3O15/c1-30-34(66-46(62)41(67-37(58)21-16-22-55-25-23-54(9)24-26-55)39(32-17-12-10-13-18-32)53-47(63)70-48(3,4)5)28-52(64)44(68-45(61)33-19-14-11-15-20-33)42-50(8,43(60)40(59)38(30)49(52,6)7)35(57)27-36-51(42,29-65-36)69-31(2)56/h10-15,17-20,34-36,39-42,44,57,59,64H,16,21-29H2,1-9H3,(H,53,63)/t34-,35-,36+,39-,40+,41+,42?,44-,50+,51-,52+/m0/s1. The van der Waals surface area contributed by atoms with Crippen LogP contribution in [-0.2, 0) is 47.6 Å². The van der Waals surface area contributed by atoms with E-state index in [1.165, 1.54) is 26.0 Å². The maximum Gasteiger partial charge on any atom is 0.408 e. The van der Waals surface area contributed by atoms with E-state index in [1.807, 2.05) is 7.05 Å². The molecule has 2 bridgehead atoms. The lowest BCUT2D eigenvalue weighted by molar-refractivity contribution is -0.346. The van der Waals surface area contributed by atoms with Gasteiger partial charge in [0.15, 0.2) is 11.4 Å². The van der Waals surface area contributed by atoms with Crippen molar-refractivity contribution in [1.82, 2.24) is 15.1 Å². The smallest absolute Gasteiger partial charge is 0.408 e. The van der Waals surface area contributed by atoms with E-state index in [0.29, 0.717) is 18.5 Å². The Morgan fingerprint density at radius 1 is 0.929 bits per heavy atom. The molecule has 1 amide bonds. The highest BCUT2D eigenvalue weighted by Crippen LogP contribution is 2.64. The summed E-state index contributed by atoms with van der Waals surface area (Å²) in [4.78, 5) is 89.7. The third-order valence-corrected chi connectivity index (χ3v) is 15.3. The topological polar surface area (TPSA) is 237 Å². The number of nitrogens with one attached hydrogen (secondary N) is 1. The number of carbonyl (C=O) groups is 6. The minimum Gasteiger partial charge on any atom is -0.455 e. The highest BCUT2D eigenvalue weighted by atomic mass is 16.6. The van der Waals surface area contributed by atoms with Crippen molar-refractivity contribution in [1.29, 1.82) is 0 Å². The van der Waals surface area contributed by atoms with Crippen LogP contribution in [0, 0.1) is 16.7 Å². The second-order valence-electron chi connectivity index (χ2n) is 21.3. The van der Waals surface area contributed by atoms with Crippen LogP contribution in [-0.4, -0.2) is 161 Å². The number of benzene rings is 2. The summed E-state index contributed by atoms with van der Waals surface area (Å²) in [5, 5.41) is 41.0. The number of nitrogens with zero attached hydrogens (tertiary/aromatic N) is 2. The molecule has 70 heavy (non-hydrogen) atoms. The van der Waals surface area contributed by atoms with Crippen LogP contribution < -0.4 is 5.32 Å². The van der Waals surface area contributed by atoms with Crippen LogP contribution in [0.4, 0.5) is 4.79 Å². The van der Waals surface area contributed by atoms with E-state index in [-0.39, 0.29) is 36.2 Å². The van der Waals surface area contributed by atoms with E-state index in [2.05, 4.69) is 15.1 Å². The van der Waals surface area contributed by atoms with E-state index >= 15 is 9.59 Å². The first-order valence-electron chi connectivity index (χ1n) is 24.1. The number of rotatable bonds is 13. The normalized spacial score (nSPS) is 31.7. The molecule has 2 saturated heterocycles. The molecule has 4 fully saturated rings. The first-order chi connectivity index (χ1) is 32.8. The molecule has 2 aliphatic heterocycles. The van der Waals surface area contributed by atoms with Crippen LogP contribution in [0.25, 0.3) is 0 Å². The molecular formula is C52H69N3O15. The first kappa shape index (κ1) is 52.6. The van der Waals surface area contributed by atoms with Crippen LogP contribution in [0.2, 0.25) is 0 Å². The number of ether oxygens (including phenoxy) is 6. The molecule has 0 radical (unpaired) electrons. The van der Waals surface area contributed by atoms with E-state index < -0.39 is 118 Å². The molecule has 0 spiro atoms. The maximum atomic E-state index is 15.2. The number of esters is 4. The number of piperazine rings is 1. The number of amides is 1. The van der Waals surface area contributed by atoms with Crippen LogP contribution in [0.3, 0.4) is 0 Å². The van der Waals surface area contributed by atoms with Gasteiger partial charge in [0, 0.05) is 57.8 Å². The molecule has 5 aliphatic rings. The minimum absolute atomic E-state index is 0.0710. The average molecular weight is 976 g/mol. The Labute approximate surface area is 408 Å². The lowest BCUT2D eigenvalue weighted by Gasteiger charge is -2.67. The number of aliphatic hydroxyl groups is 3. The van der Waals surface area contributed by atoms with Crippen molar-refractivity contribution in [2.45, 2.75) is 141 Å². The lowest BCUT2D eigenvalue weighted by Crippen LogP contribution is -2.81. The van der Waals surface area contributed by atoms with Gasteiger partial charge in [0.1, 0.15) is 41.7 Å². The fraction of sp³-hybridized carbons (Fsp3) is 0.615. The van der Waals surface area contributed by atoms with Gasteiger partial charge < -0.3 is 58.9 Å². The number of ketones is 1. The third kappa shape index (κ3) is 9.99. The molecule has 2 aromatic carbocycles. The molecule has 18 nitrogen and oxygen atoms in total. The van der Waals surface area contributed by atoms with Gasteiger partial charge in [0.2, 0.25) is 6.10 Å². The predicted octanol–water partition coefficient (Wildman–Crippen LogP) is 3.84. The zero-order valence-corrected chi connectivity index (χ0v) is 41.6. The van der Waals surface area contributed by atoms with Gasteiger partial charge in [-0.15, -0.1) is 0 Å². The summed E-state index contributed by atoms with van der Waals surface area (Å²) < 4.78 is 36.4. The summed E-state index contributed by atoms with van der Waals surface area (Å²) in [6.07, 6.45) is -11.2. The van der Waals surface area contributed by atoms with Crippen LogP contribution in [0.15, 0.2) is 71.8 Å². The van der Waals surface area contributed by atoms with Crippen molar-refractivity contribution >= 4 is 35.8 Å². The van der Waals surface area contributed by atoms with Gasteiger partial charge in [0.05, 0.1) is 29.6 Å². The van der Waals surface area contributed by atoms with Crippen LogP contribution in [0.5, 0.6) is 0 Å². The van der Waals surface area contributed by atoms with E-state index in [0.717, 1.165) is 33.1 Å². The molecule has 1 unspecified atom stereocenters. The van der Waals surface area contributed by atoms with Crippen molar-refractivity contribution in [3.8, 4) is 0 Å². The lowest BCUT2D eigenvalue weighted by atomic mass is 9.44. The van der Waals surface area contributed by atoms with Crippen LogP contribution >= 0.6 is 0 Å². The maximum absolute atomic E-state index is 15.2. The molecule has 18 heteroatoms. The zero-order chi connectivity index (χ0) is 51.1. The Hall–Kier alpha value is -5.24. The summed E-state index contributed by atoms with van der Waals surface area (Å²) in [5.41, 5.74) is -8.36. The van der Waals surface area contributed by atoms with E-state index in [4.69, 9.17) is 28.4 Å². The summed E-state index contributed by atoms with van der Waals surface area (Å²) >= 11 is 0. The van der Waals surface area contributed by atoms with Gasteiger partial charge in [-0.2, -0.15) is 0 Å². The van der Waals surface area contributed by atoms with Crippen molar-refractivity contribution < 1.29 is 72.5 Å². The second-order valence-corrected chi connectivity index (χ2v) is 21.3. The van der Waals surface area contributed by atoms with Gasteiger partial charge in [-0.25, -0.2) is 14.4 Å². The fourth-order valence-electron chi connectivity index (χ4n) is 11.4. The molecule has 2 aromatic rings. The molecule has 0 aromatic heterocycles. The monoisotopic (exact) mass is 975 g/mol. The Bertz CT molecular complexity index is 2330. The zero-order valence-electron chi connectivity index (χ0n) is 41.6. The molecular weight excluding hydrogens is 907 g/mol. The Balaban J connectivity index is 1.32. The minimum atomic E-state index is -2.40. The first-order valence-corrected chi connectivity index (χ1v) is 24.1. The summed E-state index contributed by atoms with van der Waals surface area (Å²) in [5.74, 6) is -6.11. The van der Waals surface area contributed by atoms with Crippen LogP contribution in [0.1, 0.15) is 103 Å². The van der Waals surface area contributed by atoms with Gasteiger partial charge in [-0.05, 0) is 83.5 Å². The number of aliphatic hydroxyl groups excluding tert-OH is 2. The largest absolute Gasteiger partial charge is 0.455 e. The quantitative estimate of drug-likeness (QED) is 0.127. The molecule has 4 N–H and O–H groups in total. The number of hydrogen-bond donors (Lipinski definition) is 4. The predicted molar refractivity (Wildman–Crippen MR) is 251 cm³/mol. The SMILES string of the molecule is CC(=O)O[C@@]12CO[C@@H]1C[C@H](O)[C@@]1(C)C(=O)[C@H](O)C3=C(C)[C@@H](OC(=O)[C@H](OC(=O)CCCN4CCN(C)CC4)[C@@H](NC(=O)OC(C)(C)C)c4ccccc4)C[C@@](O)([C@@H](OC(=O)c4ccccc4)C12)C3(C)C. The van der Waals surface area contributed by atoms with E-state index in [1.54, 1.807) is 83.1 Å².